The highest BCUT2D eigenvalue weighted by molar-refractivity contribution is 5.82. The van der Waals surface area contributed by atoms with E-state index in [1.54, 1.807) is 0 Å². The van der Waals surface area contributed by atoms with Crippen molar-refractivity contribution in [3.8, 4) is 0 Å². The van der Waals surface area contributed by atoms with Gasteiger partial charge < -0.3 is 4.90 Å². The third-order valence-electron chi connectivity index (χ3n) is 4.83. The maximum atomic E-state index is 4.63. The number of fused-ring (bicyclic) bond motifs is 1. The molecule has 23 heavy (non-hydrogen) atoms. The lowest BCUT2D eigenvalue weighted by Gasteiger charge is -2.33. The number of aryl methyl sites for hydroxylation is 1. The molecule has 118 valence electrons. The van der Waals surface area contributed by atoms with Crippen LogP contribution < -0.4 is 4.90 Å². The van der Waals surface area contributed by atoms with E-state index in [1.807, 2.05) is 6.20 Å². The van der Waals surface area contributed by atoms with Gasteiger partial charge in [0.2, 0.25) is 0 Å². The van der Waals surface area contributed by atoms with Gasteiger partial charge in [0.1, 0.15) is 11.3 Å². The van der Waals surface area contributed by atoms with Crippen LogP contribution in [0.5, 0.6) is 0 Å². The summed E-state index contributed by atoms with van der Waals surface area (Å²) >= 11 is 0. The highest BCUT2D eigenvalue weighted by Gasteiger charge is 2.21. The number of aromatic amines is 1. The van der Waals surface area contributed by atoms with Gasteiger partial charge in [-0.25, -0.2) is 4.98 Å². The summed E-state index contributed by atoms with van der Waals surface area (Å²) in [6.07, 6.45) is 5.58. The zero-order valence-corrected chi connectivity index (χ0v) is 13.5. The van der Waals surface area contributed by atoms with Crippen LogP contribution in [-0.2, 0) is 6.42 Å². The first kappa shape index (κ1) is 14.2. The summed E-state index contributed by atoms with van der Waals surface area (Å²) in [5.74, 6) is 1.79. The molecule has 3 heterocycles. The van der Waals surface area contributed by atoms with Crippen molar-refractivity contribution in [3.63, 3.8) is 0 Å². The molecule has 0 radical (unpaired) electrons. The molecule has 1 aliphatic heterocycles. The molecule has 4 heteroatoms. The molecule has 0 saturated carbocycles. The predicted molar refractivity (Wildman–Crippen MR) is 93.7 cm³/mol. The minimum absolute atomic E-state index is 0.703. The van der Waals surface area contributed by atoms with E-state index in [-0.39, 0.29) is 0 Å². The Bertz CT molecular complexity index is 793. The van der Waals surface area contributed by atoms with Gasteiger partial charge >= 0.3 is 0 Å². The zero-order chi connectivity index (χ0) is 15.6. The number of rotatable bonds is 3. The second-order valence-corrected chi connectivity index (χ2v) is 6.55. The summed E-state index contributed by atoms with van der Waals surface area (Å²) in [6.45, 7) is 4.25. The zero-order valence-electron chi connectivity index (χ0n) is 13.5. The number of hydrogen-bond donors (Lipinski definition) is 1. The number of pyridine rings is 1. The third kappa shape index (κ3) is 2.93. The fraction of sp³-hybridized carbons (Fsp3) is 0.368. The van der Waals surface area contributed by atoms with E-state index < -0.39 is 0 Å². The summed E-state index contributed by atoms with van der Waals surface area (Å²) in [6, 6.07) is 13.0. The molecule has 1 saturated heterocycles. The largest absolute Gasteiger partial charge is 0.356 e. The van der Waals surface area contributed by atoms with Crippen molar-refractivity contribution < 1.29 is 0 Å². The normalized spacial score (nSPS) is 18.5. The Hall–Kier alpha value is -2.36. The maximum absolute atomic E-state index is 4.63. The van der Waals surface area contributed by atoms with Crippen LogP contribution in [-0.4, -0.2) is 28.3 Å². The molecule has 1 fully saturated rings. The van der Waals surface area contributed by atoms with Crippen molar-refractivity contribution in [2.24, 2.45) is 5.92 Å². The Morgan fingerprint density at radius 3 is 3.00 bits per heavy atom. The molecule has 1 N–H and O–H groups in total. The van der Waals surface area contributed by atoms with Crippen molar-refractivity contribution in [3.05, 3.63) is 53.9 Å². The fourth-order valence-electron chi connectivity index (χ4n) is 3.59. The molecule has 2 aromatic heterocycles. The lowest BCUT2D eigenvalue weighted by atomic mass is 9.91. The van der Waals surface area contributed by atoms with E-state index in [2.05, 4.69) is 63.4 Å². The lowest BCUT2D eigenvalue weighted by Crippen LogP contribution is -2.36. The highest BCUT2D eigenvalue weighted by Crippen LogP contribution is 2.26. The quantitative estimate of drug-likeness (QED) is 0.802. The van der Waals surface area contributed by atoms with Crippen molar-refractivity contribution in [1.82, 2.24) is 15.2 Å². The van der Waals surface area contributed by atoms with Crippen molar-refractivity contribution in [2.45, 2.75) is 26.2 Å². The molecular weight excluding hydrogens is 284 g/mol. The molecule has 1 unspecified atom stereocenters. The predicted octanol–water partition coefficient (Wildman–Crippen LogP) is 3.73. The average Bonchev–Trinajstić information content (AvgIpc) is 2.97. The highest BCUT2D eigenvalue weighted by atomic mass is 15.2. The van der Waals surface area contributed by atoms with Crippen molar-refractivity contribution in [2.75, 3.05) is 18.0 Å². The van der Waals surface area contributed by atoms with Gasteiger partial charge in [-0.3, -0.25) is 5.10 Å². The van der Waals surface area contributed by atoms with Gasteiger partial charge in [-0.1, -0.05) is 30.3 Å². The molecule has 0 bridgehead atoms. The maximum Gasteiger partial charge on any atom is 0.129 e. The molecule has 1 atom stereocenters. The molecule has 4 rings (SSSR count). The lowest BCUT2D eigenvalue weighted by molar-refractivity contribution is 0.411. The van der Waals surface area contributed by atoms with Crippen LogP contribution in [0.2, 0.25) is 0 Å². The van der Waals surface area contributed by atoms with E-state index in [4.69, 9.17) is 0 Å². The van der Waals surface area contributed by atoms with Gasteiger partial charge in [0.15, 0.2) is 0 Å². The Morgan fingerprint density at radius 1 is 1.26 bits per heavy atom. The number of anilines is 1. The smallest absolute Gasteiger partial charge is 0.129 e. The molecule has 4 nitrogen and oxygen atoms in total. The second-order valence-electron chi connectivity index (χ2n) is 6.55. The first-order chi connectivity index (χ1) is 11.3. The van der Waals surface area contributed by atoms with E-state index in [0.717, 1.165) is 36.5 Å². The van der Waals surface area contributed by atoms with E-state index in [0.29, 0.717) is 5.92 Å². The van der Waals surface area contributed by atoms with E-state index >= 15 is 0 Å². The molecule has 0 aliphatic carbocycles. The number of hydrogen-bond acceptors (Lipinski definition) is 3. The first-order valence-corrected chi connectivity index (χ1v) is 8.39. The standard InChI is InChI=1S/C19H22N4/c1-14-17-11-19(20-12-18(17)22-21-14)23-9-5-8-16(13-23)10-15-6-3-2-4-7-15/h2-4,6-7,11-12,16H,5,8-10,13H2,1H3,(H,21,22). The van der Waals surface area contributed by atoms with Crippen LogP contribution in [0.25, 0.3) is 10.9 Å². The number of H-pyrrole nitrogens is 1. The van der Waals surface area contributed by atoms with Crippen LogP contribution >= 0.6 is 0 Å². The SMILES string of the molecule is Cc1[nH]nc2cnc(N3CCCC(Cc4ccccc4)C3)cc12. The number of piperidine rings is 1. The van der Waals surface area contributed by atoms with Crippen molar-refractivity contribution >= 4 is 16.7 Å². The van der Waals surface area contributed by atoms with E-state index in [9.17, 15) is 0 Å². The van der Waals surface area contributed by atoms with Crippen LogP contribution in [0.1, 0.15) is 24.1 Å². The monoisotopic (exact) mass is 306 g/mol. The number of nitrogens with one attached hydrogen (secondary N) is 1. The van der Waals surface area contributed by atoms with Gasteiger partial charge in [-0.15, -0.1) is 0 Å². The van der Waals surface area contributed by atoms with Gasteiger partial charge in [0, 0.05) is 24.2 Å². The fourth-order valence-corrected chi connectivity index (χ4v) is 3.59. The van der Waals surface area contributed by atoms with E-state index in [1.165, 1.54) is 23.8 Å². The molecule has 1 aliphatic rings. The average molecular weight is 306 g/mol. The summed E-state index contributed by atoms with van der Waals surface area (Å²) in [5, 5.41) is 8.49. The summed E-state index contributed by atoms with van der Waals surface area (Å²) < 4.78 is 0. The first-order valence-electron chi connectivity index (χ1n) is 8.39. The third-order valence-corrected chi connectivity index (χ3v) is 4.83. The van der Waals surface area contributed by atoms with Gasteiger partial charge in [0.05, 0.1) is 6.20 Å². The van der Waals surface area contributed by atoms with Crippen LogP contribution in [0.3, 0.4) is 0 Å². The summed E-state index contributed by atoms with van der Waals surface area (Å²) in [7, 11) is 0. The van der Waals surface area contributed by atoms with Crippen LogP contribution in [0, 0.1) is 12.8 Å². The Labute approximate surface area is 136 Å². The number of aromatic nitrogens is 3. The second kappa shape index (κ2) is 6.03. The number of benzene rings is 1. The van der Waals surface area contributed by atoms with Gasteiger partial charge in [-0.05, 0) is 43.7 Å². The Morgan fingerprint density at radius 2 is 2.13 bits per heavy atom. The molecular formula is C19H22N4. The molecule has 0 spiro atoms. The summed E-state index contributed by atoms with van der Waals surface area (Å²) in [4.78, 5) is 7.06. The van der Waals surface area contributed by atoms with Crippen LogP contribution in [0.15, 0.2) is 42.6 Å². The Balaban J connectivity index is 1.52. The minimum atomic E-state index is 0.703. The number of nitrogens with zero attached hydrogens (tertiary/aromatic N) is 3. The molecule has 3 aromatic rings. The van der Waals surface area contributed by atoms with Gasteiger partial charge in [0.25, 0.3) is 0 Å². The van der Waals surface area contributed by atoms with Crippen LogP contribution in [0.4, 0.5) is 5.82 Å². The Kier molecular flexibility index (Phi) is 3.74. The van der Waals surface area contributed by atoms with Gasteiger partial charge in [-0.2, -0.15) is 5.10 Å². The topological polar surface area (TPSA) is 44.8 Å². The van der Waals surface area contributed by atoms with Crippen molar-refractivity contribution in [1.29, 1.82) is 0 Å². The molecule has 0 amide bonds. The minimum Gasteiger partial charge on any atom is -0.356 e. The summed E-state index contributed by atoms with van der Waals surface area (Å²) in [5.41, 5.74) is 3.50. The molecule has 1 aromatic carbocycles.